The van der Waals surface area contributed by atoms with Crippen LogP contribution in [0.4, 0.5) is 0 Å². The summed E-state index contributed by atoms with van der Waals surface area (Å²) in [5, 5.41) is 0. The van der Waals surface area contributed by atoms with Crippen LogP contribution in [0.1, 0.15) is 39.5 Å². The molecule has 3 heteroatoms. The Morgan fingerprint density at radius 3 is 2.75 bits per heavy atom. The molecule has 0 amide bonds. The fourth-order valence-corrected chi connectivity index (χ4v) is 1.80. The van der Waals surface area contributed by atoms with Crippen LogP contribution in [0.15, 0.2) is 18.7 Å². The van der Waals surface area contributed by atoms with Crippen LogP contribution in [-0.2, 0) is 18.5 Å². The summed E-state index contributed by atoms with van der Waals surface area (Å²) in [7, 11) is 2.02. The molecule has 0 aliphatic carbocycles. The summed E-state index contributed by atoms with van der Waals surface area (Å²) >= 11 is 0. The van der Waals surface area contributed by atoms with Crippen LogP contribution >= 0.6 is 0 Å². The summed E-state index contributed by atoms with van der Waals surface area (Å²) in [6, 6.07) is 0. The molecule has 0 bridgehead atoms. The molecule has 1 aromatic rings. The molecule has 1 heterocycles. The molecular formula is C13H25N2O+. The van der Waals surface area contributed by atoms with Crippen LogP contribution in [0.3, 0.4) is 0 Å². The average molecular weight is 225 g/mol. The molecule has 0 aliphatic heterocycles. The first-order valence-corrected chi connectivity index (χ1v) is 6.35. The van der Waals surface area contributed by atoms with Crippen molar-refractivity contribution in [3.8, 4) is 0 Å². The quantitative estimate of drug-likeness (QED) is 0.622. The molecule has 0 N–H and O–H groups in total. The van der Waals surface area contributed by atoms with E-state index in [9.17, 15) is 0 Å². The maximum atomic E-state index is 5.73. The highest BCUT2D eigenvalue weighted by molar-refractivity contribution is 4.63. The van der Waals surface area contributed by atoms with Crippen LogP contribution in [0.25, 0.3) is 0 Å². The number of hydrogen-bond acceptors (Lipinski definition) is 1. The summed E-state index contributed by atoms with van der Waals surface area (Å²) in [5.74, 6) is 0.726. The van der Waals surface area contributed by atoms with Gasteiger partial charge in [0.25, 0.3) is 0 Å². The van der Waals surface area contributed by atoms with Gasteiger partial charge in [0.05, 0.1) is 13.7 Å². The lowest BCUT2D eigenvalue weighted by atomic mass is 10.0. The van der Waals surface area contributed by atoms with E-state index in [2.05, 4.69) is 18.4 Å². The molecule has 1 aromatic heterocycles. The van der Waals surface area contributed by atoms with Crippen molar-refractivity contribution in [2.45, 2.75) is 46.3 Å². The van der Waals surface area contributed by atoms with Gasteiger partial charge < -0.3 is 4.74 Å². The highest BCUT2D eigenvalue weighted by Gasteiger charge is 2.07. The van der Waals surface area contributed by atoms with Gasteiger partial charge in [-0.05, 0) is 12.3 Å². The van der Waals surface area contributed by atoms with E-state index >= 15 is 0 Å². The van der Waals surface area contributed by atoms with Gasteiger partial charge in [-0.1, -0.05) is 33.1 Å². The molecule has 0 aromatic carbocycles. The number of imidazole rings is 1. The van der Waals surface area contributed by atoms with Crippen LogP contribution in [0.5, 0.6) is 0 Å². The average Bonchev–Trinajstić information content (AvgIpc) is 2.69. The van der Waals surface area contributed by atoms with Crippen molar-refractivity contribution in [1.29, 1.82) is 0 Å². The normalized spacial score (nSPS) is 12.9. The second kappa shape index (κ2) is 7.44. The summed E-state index contributed by atoms with van der Waals surface area (Å²) in [6.45, 7) is 6.05. The van der Waals surface area contributed by atoms with Crippen molar-refractivity contribution < 1.29 is 9.30 Å². The Labute approximate surface area is 99.0 Å². The molecule has 92 valence electrons. The zero-order chi connectivity index (χ0) is 11.8. The standard InChI is InChI=1S/C13H25N2O/c1-4-6-7-13(5-2)10-16-12-15-9-8-14(3)11-15/h8-9,11,13H,4-7,10,12H2,1-3H3/q+1/t13-/m1/s1. The van der Waals surface area contributed by atoms with Gasteiger partial charge in [0.1, 0.15) is 12.4 Å². The van der Waals surface area contributed by atoms with E-state index in [0.717, 1.165) is 12.5 Å². The zero-order valence-electron chi connectivity index (χ0n) is 10.9. The lowest BCUT2D eigenvalue weighted by Gasteiger charge is -2.13. The molecular weight excluding hydrogens is 200 g/mol. The molecule has 0 saturated carbocycles. The van der Waals surface area contributed by atoms with Crippen molar-refractivity contribution in [2.24, 2.45) is 13.0 Å². The van der Waals surface area contributed by atoms with Crippen LogP contribution in [0, 0.1) is 5.92 Å². The van der Waals surface area contributed by atoms with E-state index in [1.165, 1.54) is 25.7 Å². The van der Waals surface area contributed by atoms with Crippen molar-refractivity contribution in [3.05, 3.63) is 18.7 Å². The Bertz CT molecular complexity index is 283. The number of rotatable bonds is 8. The maximum Gasteiger partial charge on any atom is 0.245 e. The predicted octanol–water partition coefficient (Wildman–Crippen LogP) is 2.50. The van der Waals surface area contributed by atoms with E-state index in [4.69, 9.17) is 4.74 Å². The van der Waals surface area contributed by atoms with Gasteiger partial charge in [-0.3, -0.25) is 0 Å². The van der Waals surface area contributed by atoms with Crippen LogP contribution < -0.4 is 4.57 Å². The van der Waals surface area contributed by atoms with Crippen molar-refractivity contribution in [1.82, 2.24) is 4.57 Å². The van der Waals surface area contributed by atoms with E-state index in [1.807, 2.05) is 30.3 Å². The lowest BCUT2D eigenvalue weighted by molar-refractivity contribution is -0.671. The summed E-state index contributed by atoms with van der Waals surface area (Å²) in [5.41, 5.74) is 0. The van der Waals surface area contributed by atoms with E-state index < -0.39 is 0 Å². The van der Waals surface area contributed by atoms with Gasteiger partial charge in [-0.15, -0.1) is 0 Å². The third-order valence-corrected chi connectivity index (χ3v) is 2.96. The fourth-order valence-electron chi connectivity index (χ4n) is 1.80. The SMILES string of the molecule is CCCC[C@@H](CC)COCn1cc[n+](C)c1. The second-order valence-electron chi connectivity index (χ2n) is 4.51. The van der Waals surface area contributed by atoms with E-state index in [-0.39, 0.29) is 0 Å². The maximum absolute atomic E-state index is 5.73. The molecule has 1 atom stereocenters. The van der Waals surface area contributed by atoms with Crippen molar-refractivity contribution >= 4 is 0 Å². The Morgan fingerprint density at radius 2 is 2.19 bits per heavy atom. The highest BCUT2D eigenvalue weighted by atomic mass is 16.5. The van der Waals surface area contributed by atoms with Gasteiger partial charge in [0.2, 0.25) is 6.33 Å². The van der Waals surface area contributed by atoms with E-state index in [1.54, 1.807) is 0 Å². The van der Waals surface area contributed by atoms with Gasteiger partial charge in [-0.2, -0.15) is 0 Å². The minimum Gasteiger partial charge on any atom is -0.341 e. The number of aromatic nitrogens is 2. The first-order chi connectivity index (χ1) is 7.76. The zero-order valence-corrected chi connectivity index (χ0v) is 10.9. The third kappa shape index (κ3) is 4.79. The second-order valence-corrected chi connectivity index (χ2v) is 4.51. The van der Waals surface area contributed by atoms with Gasteiger partial charge >= 0.3 is 0 Å². The van der Waals surface area contributed by atoms with Gasteiger partial charge in [0, 0.05) is 0 Å². The molecule has 0 unspecified atom stereocenters. The van der Waals surface area contributed by atoms with Gasteiger partial charge in [0.15, 0.2) is 6.73 Å². The Kier molecular flexibility index (Phi) is 6.16. The number of ether oxygens (including phenoxy) is 1. The monoisotopic (exact) mass is 225 g/mol. The van der Waals surface area contributed by atoms with Crippen molar-refractivity contribution in [3.63, 3.8) is 0 Å². The van der Waals surface area contributed by atoms with Gasteiger partial charge in [-0.25, -0.2) is 9.13 Å². The Balaban J connectivity index is 2.17. The summed E-state index contributed by atoms with van der Waals surface area (Å²) in [4.78, 5) is 0. The van der Waals surface area contributed by atoms with Crippen molar-refractivity contribution in [2.75, 3.05) is 6.61 Å². The Morgan fingerprint density at radius 1 is 1.38 bits per heavy atom. The largest absolute Gasteiger partial charge is 0.341 e. The molecule has 0 spiro atoms. The first kappa shape index (κ1) is 13.2. The molecule has 0 fully saturated rings. The minimum atomic E-state index is 0.670. The summed E-state index contributed by atoms with van der Waals surface area (Å²) in [6.07, 6.45) is 11.2. The fraction of sp³-hybridized carbons (Fsp3) is 0.769. The molecule has 0 radical (unpaired) electrons. The number of aryl methyl sites for hydroxylation is 1. The first-order valence-electron chi connectivity index (χ1n) is 6.35. The highest BCUT2D eigenvalue weighted by Crippen LogP contribution is 2.12. The third-order valence-electron chi connectivity index (χ3n) is 2.96. The lowest BCUT2D eigenvalue weighted by Crippen LogP contribution is -2.24. The topological polar surface area (TPSA) is 18.0 Å². The molecule has 0 saturated heterocycles. The van der Waals surface area contributed by atoms with E-state index in [0.29, 0.717) is 6.73 Å². The number of hydrogen-bond donors (Lipinski definition) is 0. The minimum absolute atomic E-state index is 0.670. The van der Waals surface area contributed by atoms with Crippen LogP contribution in [0.2, 0.25) is 0 Å². The smallest absolute Gasteiger partial charge is 0.245 e. The number of unbranched alkanes of at least 4 members (excludes halogenated alkanes) is 1. The number of nitrogens with zero attached hydrogens (tertiary/aromatic N) is 2. The molecule has 0 aliphatic rings. The molecule has 16 heavy (non-hydrogen) atoms. The molecule has 3 nitrogen and oxygen atoms in total. The predicted molar refractivity (Wildman–Crippen MR) is 64.9 cm³/mol. The van der Waals surface area contributed by atoms with Crippen LogP contribution in [-0.4, -0.2) is 11.2 Å². The Hall–Kier alpha value is -0.830. The summed E-state index contributed by atoms with van der Waals surface area (Å²) < 4.78 is 9.82. The molecule has 1 rings (SSSR count).